The van der Waals surface area contributed by atoms with Gasteiger partial charge in [-0.25, -0.2) is 15.0 Å². The highest BCUT2D eigenvalue weighted by Gasteiger charge is 2.08. The number of aromatic amines is 1. The summed E-state index contributed by atoms with van der Waals surface area (Å²) in [6.45, 7) is 1.79. The van der Waals surface area contributed by atoms with E-state index in [1.165, 1.54) is 11.8 Å². The molecule has 0 aromatic carbocycles. The first-order valence-corrected chi connectivity index (χ1v) is 5.25. The van der Waals surface area contributed by atoms with E-state index in [-0.39, 0.29) is 0 Å². The molecule has 0 saturated carbocycles. The van der Waals surface area contributed by atoms with Crippen molar-refractivity contribution in [1.82, 2.24) is 19.9 Å². The minimum absolute atomic E-state index is 0.426. The summed E-state index contributed by atoms with van der Waals surface area (Å²) in [5.41, 5.74) is 1.33. The van der Waals surface area contributed by atoms with Crippen molar-refractivity contribution in [1.29, 1.82) is 0 Å². The lowest BCUT2D eigenvalue weighted by atomic mass is 10.5. The summed E-state index contributed by atoms with van der Waals surface area (Å²) in [6.07, 6.45) is 1.94. The molecule has 0 saturated heterocycles. The highest BCUT2D eigenvalue weighted by atomic mass is 35.5. The van der Waals surface area contributed by atoms with E-state index in [0.717, 1.165) is 5.16 Å². The van der Waals surface area contributed by atoms with Crippen LogP contribution < -0.4 is 0 Å². The maximum atomic E-state index is 5.90. The minimum atomic E-state index is 0.426. The van der Waals surface area contributed by atoms with Gasteiger partial charge in [-0.15, -0.1) is 0 Å². The number of nitrogens with one attached hydrogen (secondary N) is 1. The minimum Gasteiger partial charge on any atom is -0.329 e. The third-order valence-corrected chi connectivity index (χ3v) is 2.44. The summed E-state index contributed by atoms with van der Waals surface area (Å²) < 4.78 is 0. The second-order valence-electron chi connectivity index (χ2n) is 2.51. The molecular weight excluding hydrogens is 208 g/mol. The summed E-state index contributed by atoms with van der Waals surface area (Å²) in [4.78, 5) is 15.4. The zero-order chi connectivity index (χ0) is 9.42. The molecule has 6 heteroatoms. The first kappa shape index (κ1) is 8.77. The van der Waals surface area contributed by atoms with Gasteiger partial charge in [0.1, 0.15) is 11.3 Å². The Balaban J connectivity index is 2.75. The van der Waals surface area contributed by atoms with Crippen molar-refractivity contribution >= 4 is 34.5 Å². The van der Waals surface area contributed by atoms with Crippen LogP contribution in [0.4, 0.5) is 0 Å². The third kappa shape index (κ3) is 1.49. The molecular formula is C7H7ClN4S. The predicted molar refractivity (Wildman–Crippen MR) is 53.2 cm³/mol. The Bertz CT molecular complexity index is 453. The van der Waals surface area contributed by atoms with Gasteiger partial charge in [0.2, 0.25) is 0 Å². The number of halogens is 1. The number of hydrogen-bond donors (Lipinski definition) is 1. The average Bonchev–Trinajstić information content (AvgIpc) is 2.47. The van der Waals surface area contributed by atoms with Crippen LogP contribution in [0.2, 0.25) is 5.15 Å². The van der Waals surface area contributed by atoms with Crippen molar-refractivity contribution in [3.8, 4) is 0 Å². The molecule has 0 atom stereocenters. The molecule has 4 nitrogen and oxygen atoms in total. The molecule has 0 radical (unpaired) electrons. The number of aryl methyl sites for hydroxylation is 1. The quantitative estimate of drug-likeness (QED) is 0.583. The van der Waals surface area contributed by atoms with Crippen LogP contribution in [0.15, 0.2) is 5.16 Å². The van der Waals surface area contributed by atoms with Gasteiger partial charge in [0.15, 0.2) is 16.0 Å². The van der Waals surface area contributed by atoms with Gasteiger partial charge in [-0.1, -0.05) is 23.4 Å². The molecule has 2 rings (SSSR count). The van der Waals surface area contributed by atoms with Gasteiger partial charge in [0.05, 0.1) is 0 Å². The first-order chi connectivity index (χ1) is 6.20. The van der Waals surface area contributed by atoms with Gasteiger partial charge < -0.3 is 4.98 Å². The highest BCUT2D eigenvalue weighted by Crippen LogP contribution is 2.21. The Hall–Kier alpha value is -0.810. The fraction of sp³-hybridized carbons (Fsp3) is 0.286. The molecule has 2 aromatic heterocycles. The number of imidazole rings is 1. The second-order valence-corrected chi connectivity index (χ2v) is 3.66. The summed E-state index contributed by atoms with van der Waals surface area (Å²) >= 11 is 7.42. The van der Waals surface area contributed by atoms with Crippen molar-refractivity contribution in [3.05, 3.63) is 11.0 Å². The van der Waals surface area contributed by atoms with E-state index in [0.29, 0.717) is 22.1 Å². The van der Waals surface area contributed by atoms with E-state index in [2.05, 4.69) is 19.9 Å². The van der Waals surface area contributed by atoms with Crippen LogP contribution in [-0.4, -0.2) is 26.2 Å². The van der Waals surface area contributed by atoms with Gasteiger partial charge in [0, 0.05) is 0 Å². The van der Waals surface area contributed by atoms with Gasteiger partial charge in [-0.05, 0) is 13.2 Å². The number of hydrogen-bond acceptors (Lipinski definition) is 4. The molecule has 0 fully saturated rings. The normalized spacial score (nSPS) is 11.0. The highest BCUT2D eigenvalue weighted by molar-refractivity contribution is 7.98. The number of rotatable bonds is 1. The number of H-pyrrole nitrogens is 1. The fourth-order valence-electron chi connectivity index (χ4n) is 1.04. The lowest BCUT2D eigenvalue weighted by molar-refractivity contribution is 1.06. The largest absolute Gasteiger partial charge is 0.329 e. The molecule has 0 spiro atoms. The molecule has 0 bridgehead atoms. The second kappa shape index (κ2) is 3.16. The number of thioether (sulfide) groups is 1. The molecule has 0 aliphatic heterocycles. The van der Waals surface area contributed by atoms with E-state index < -0.39 is 0 Å². The van der Waals surface area contributed by atoms with Gasteiger partial charge in [-0.2, -0.15) is 0 Å². The van der Waals surface area contributed by atoms with Crippen LogP contribution in [0.3, 0.4) is 0 Å². The van der Waals surface area contributed by atoms with E-state index in [9.17, 15) is 0 Å². The Morgan fingerprint density at radius 3 is 2.77 bits per heavy atom. The number of nitrogens with zero attached hydrogens (tertiary/aromatic N) is 3. The van der Waals surface area contributed by atoms with E-state index >= 15 is 0 Å². The number of fused-ring (bicyclic) bond motifs is 1. The van der Waals surface area contributed by atoms with Crippen molar-refractivity contribution < 1.29 is 0 Å². The molecule has 0 unspecified atom stereocenters. The van der Waals surface area contributed by atoms with Crippen molar-refractivity contribution in [2.24, 2.45) is 0 Å². The van der Waals surface area contributed by atoms with E-state index in [4.69, 9.17) is 11.6 Å². The van der Waals surface area contributed by atoms with Crippen LogP contribution in [0.5, 0.6) is 0 Å². The van der Waals surface area contributed by atoms with Crippen LogP contribution in [0.25, 0.3) is 11.2 Å². The lowest BCUT2D eigenvalue weighted by Gasteiger charge is -1.92. The topological polar surface area (TPSA) is 54.5 Å². The zero-order valence-corrected chi connectivity index (χ0v) is 8.70. The SMILES string of the molecule is CSc1nc2nc(C)nc(Cl)c2[nH]1. The first-order valence-electron chi connectivity index (χ1n) is 3.64. The monoisotopic (exact) mass is 214 g/mol. The Kier molecular flexibility index (Phi) is 2.13. The number of aromatic nitrogens is 4. The molecule has 2 heterocycles. The summed E-state index contributed by atoms with van der Waals surface area (Å²) in [5.74, 6) is 0.636. The van der Waals surface area contributed by atoms with E-state index in [1.54, 1.807) is 6.92 Å². The molecule has 13 heavy (non-hydrogen) atoms. The average molecular weight is 215 g/mol. The predicted octanol–water partition coefficient (Wildman–Crippen LogP) is 2.04. The summed E-state index contributed by atoms with van der Waals surface area (Å²) in [5, 5.41) is 1.23. The zero-order valence-electron chi connectivity index (χ0n) is 7.13. The summed E-state index contributed by atoms with van der Waals surface area (Å²) in [7, 11) is 0. The third-order valence-electron chi connectivity index (χ3n) is 1.59. The van der Waals surface area contributed by atoms with Crippen molar-refractivity contribution in [2.75, 3.05) is 6.26 Å². The van der Waals surface area contributed by atoms with Gasteiger partial charge in [-0.3, -0.25) is 0 Å². The fourth-order valence-corrected chi connectivity index (χ4v) is 1.68. The van der Waals surface area contributed by atoms with Crippen LogP contribution in [0, 0.1) is 6.92 Å². The maximum absolute atomic E-state index is 5.90. The van der Waals surface area contributed by atoms with Gasteiger partial charge in [0.25, 0.3) is 0 Å². The molecule has 0 aliphatic rings. The molecule has 0 aliphatic carbocycles. The van der Waals surface area contributed by atoms with Crippen LogP contribution in [-0.2, 0) is 0 Å². The van der Waals surface area contributed by atoms with Crippen molar-refractivity contribution in [2.45, 2.75) is 12.1 Å². The molecule has 2 aromatic rings. The Morgan fingerprint density at radius 1 is 1.31 bits per heavy atom. The van der Waals surface area contributed by atoms with Crippen LogP contribution in [0.1, 0.15) is 5.82 Å². The van der Waals surface area contributed by atoms with Crippen molar-refractivity contribution in [3.63, 3.8) is 0 Å². The smallest absolute Gasteiger partial charge is 0.183 e. The standard InChI is InChI=1S/C7H7ClN4S/c1-3-9-5(8)4-6(10-3)12-7(11-4)13-2/h1-2H3,(H,9,10,11,12). The molecule has 0 amide bonds. The maximum Gasteiger partial charge on any atom is 0.183 e. The molecule has 1 N–H and O–H groups in total. The Labute approximate surface area is 84.1 Å². The summed E-state index contributed by atoms with van der Waals surface area (Å²) in [6, 6.07) is 0. The molecule has 68 valence electrons. The van der Waals surface area contributed by atoms with Gasteiger partial charge >= 0.3 is 0 Å². The van der Waals surface area contributed by atoms with Crippen LogP contribution >= 0.6 is 23.4 Å². The van der Waals surface area contributed by atoms with E-state index in [1.807, 2.05) is 6.26 Å². The lowest BCUT2D eigenvalue weighted by Crippen LogP contribution is -1.88. The Morgan fingerprint density at radius 2 is 2.08 bits per heavy atom.